The molecule has 0 aliphatic heterocycles. The molecule has 0 unspecified atom stereocenters. The number of halogens is 1. The van der Waals surface area contributed by atoms with E-state index in [-0.39, 0.29) is 11.7 Å². The average Bonchev–Trinajstić information content (AvgIpc) is 2.74. The van der Waals surface area contributed by atoms with Crippen molar-refractivity contribution in [2.75, 3.05) is 12.4 Å². The molecular formula is C10H10BrN3O2S. The number of hydrogen-bond acceptors (Lipinski definition) is 5. The molecule has 0 bridgehead atoms. The third-order valence-corrected chi connectivity index (χ3v) is 3.26. The van der Waals surface area contributed by atoms with Crippen LogP contribution in [0.4, 0.5) is 0 Å². The van der Waals surface area contributed by atoms with Crippen molar-refractivity contribution in [3.8, 4) is 0 Å². The molecule has 0 aliphatic carbocycles. The molecule has 17 heavy (non-hydrogen) atoms. The van der Waals surface area contributed by atoms with E-state index < -0.39 is 0 Å². The lowest BCUT2D eigenvalue weighted by atomic mass is 10.7. The Balaban J connectivity index is 2.17. The molecule has 2 rings (SSSR count). The fourth-order valence-corrected chi connectivity index (χ4v) is 2.60. The molecule has 2 aromatic rings. The summed E-state index contributed by atoms with van der Waals surface area (Å²) in [7, 11) is 0. The van der Waals surface area contributed by atoms with E-state index in [1.165, 1.54) is 11.8 Å². The van der Waals surface area contributed by atoms with Crippen LogP contribution in [0.2, 0.25) is 0 Å². The Morgan fingerprint density at radius 3 is 3.24 bits per heavy atom. The van der Waals surface area contributed by atoms with Crippen LogP contribution in [0.5, 0.6) is 0 Å². The smallest absolute Gasteiger partial charge is 0.316 e. The first-order valence-electron chi connectivity index (χ1n) is 4.98. The van der Waals surface area contributed by atoms with Gasteiger partial charge in [-0.1, -0.05) is 11.8 Å². The van der Waals surface area contributed by atoms with Crippen molar-refractivity contribution in [1.29, 1.82) is 0 Å². The topological polar surface area (TPSA) is 56.5 Å². The minimum atomic E-state index is -0.246. The Bertz CT molecular complexity index is 543. The number of imidazole rings is 1. The lowest BCUT2D eigenvalue weighted by molar-refractivity contribution is -0.139. The first kappa shape index (κ1) is 12.4. The summed E-state index contributed by atoms with van der Waals surface area (Å²) in [6.07, 6.45) is 5.34. The molecule has 0 amide bonds. The second kappa shape index (κ2) is 5.50. The van der Waals surface area contributed by atoms with Gasteiger partial charge in [0.1, 0.15) is 9.63 Å². The Kier molecular flexibility index (Phi) is 4.01. The molecule has 0 atom stereocenters. The number of hydrogen-bond donors (Lipinski definition) is 0. The quantitative estimate of drug-likeness (QED) is 0.639. The maximum Gasteiger partial charge on any atom is 0.316 e. The van der Waals surface area contributed by atoms with Gasteiger partial charge in [-0.2, -0.15) is 0 Å². The first-order valence-corrected chi connectivity index (χ1v) is 6.76. The predicted molar refractivity (Wildman–Crippen MR) is 68.0 cm³/mol. The van der Waals surface area contributed by atoms with Gasteiger partial charge in [-0.3, -0.25) is 4.79 Å². The van der Waals surface area contributed by atoms with Gasteiger partial charge in [0.15, 0.2) is 5.65 Å². The summed E-state index contributed by atoms with van der Waals surface area (Å²) < 4.78 is 7.42. The highest BCUT2D eigenvalue weighted by atomic mass is 79.9. The zero-order valence-corrected chi connectivity index (χ0v) is 11.5. The van der Waals surface area contributed by atoms with E-state index in [1.807, 2.05) is 16.8 Å². The molecule has 0 saturated heterocycles. The van der Waals surface area contributed by atoms with E-state index in [1.54, 1.807) is 13.1 Å². The minimum Gasteiger partial charge on any atom is -0.465 e. The molecule has 2 aromatic heterocycles. The van der Waals surface area contributed by atoms with Crippen LogP contribution in [-0.2, 0) is 9.53 Å². The lowest BCUT2D eigenvalue weighted by Gasteiger charge is -2.03. The third-order valence-electron chi connectivity index (χ3n) is 1.95. The number of esters is 1. The zero-order valence-electron chi connectivity index (χ0n) is 9.09. The summed E-state index contributed by atoms with van der Waals surface area (Å²) in [5.74, 6) is -0.0104. The van der Waals surface area contributed by atoms with E-state index in [4.69, 9.17) is 4.74 Å². The van der Waals surface area contributed by atoms with Gasteiger partial charge in [-0.15, -0.1) is 0 Å². The summed E-state index contributed by atoms with van der Waals surface area (Å²) in [5, 5.41) is 0.706. The molecule has 0 radical (unpaired) electrons. The number of fused-ring (bicyclic) bond motifs is 1. The molecule has 0 saturated carbocycles. The largest absolute Gasteiger partial charge is 0.465 e. The van der Waals surface area contributed by atoms with E-state index in [9.17, 15) is 4.79 Å². The van der Waals surface area contributed by atoms with Gasteiger partial charge in [0.25, 0.3) is 0 Å². The highest BCUT2D eigenvalue weighted by Gasteiger charge is 2.10. The Morgan fingerprint density at radius 1 is 1.65 bits per heavy atom. The second-order valence-electron chi connectivity index (χ2n) is 3.12. The van der Waals surface area contributed by atoms with Crippen molar-refractivity contribution in [3.05, 3.63) is 23.2 Å². The van der Waals surface area contributed by atoms with E-state index in [2.05, 4.69) is 25.9 Å². The summed E-state index contributed by atoms with van der Waals surface area (Å²) in [6, 6.07) is 0. The van der Waals surface area contributed by atoms with Crippen LogP contribution < -0.4 is 0 Å². The maximum atomic E-state index is 11.3. The van der Waals surface area contributed by atoms with Gasteiger partial charge in [-0.05, 0) is 22.9 Å². The molecule has 90 valence electrons. The summed E-state index contributed by atoms with van der Waals surface area (Å²) in [5.41, 5.74) is 0.738. The fourth-order valence-electron chi connectivity index (χ4n) is 1.30. The van der Waals surface area contributed by atoms with E-state index >= 15 is 0 Å². The minimum absolute atomic E-state index is 0.236. The summed E-state index contributed by atoms with van der Waals surface area (Å²) >= 11 is 4.63. The van der Waals surface area contributed by atoms with Crippen molar-refractivity contribution in [2.24, 2.45) is 0 Å². The number of aromatic nitrogens is 3. The van der Waals surface area contributed by atoms with Crippen LogP contribution in [0.15, 0.2) is 28.2 Å². The Labute approximate surface area is 111 Å². The van der Waals surface area contributed by atoms with Gasteiger partial charge in [0.05, 0.1) is 12.4 Å². The van der Waals surface area contributed by atoms with Gasteiger partial charge < -0.3 is 9.14 Å². The van der Waals surface area contributed by atoms with Crippen molar-refractivity contribution in [3.63, 3.8) is 0 Å². The highest BCUT2D eigenvalue weighted by molar-refractivity contribution is 9.10. The molecule has 0 spiro atoms. The number of nitrogens with zero attached hydrogens (tertiary/aromatic N) is 3. The SMILES string of the molecule is CCOC(=O)CSc1nc(Br)cn2ccnc12. The normalized spacial score (nSPS) is 10.7. The predicted octanol–water partition coefficient (Wildman–Crippen LogP) is 2.15. The van der Waals surface area contributed by atoms with Crippen molar-refractivity contribution in [1.82, 2.24) is 14.4 Å². The van der Waals surface area contributed by atoms with Crippen LogP contribution in [0.3, 0.4) is 0 Å². The zero-order chi connectivity index (χ0) is 12.3. The third kappa shape index (κ3) is 2.98. The van der Waals surface area contributed by atoms with Gasteiger partial charge in [0, 0.05) is 18.6 Å². The summed E-state index contributed by atoms with van der Waals surface area (Å²) in [6.45, 7) is 2.18. The number of rotatable bonds is 4. The number of carbonyl (C=O) groups is 1. The standard InChI is InChI=1S/C10H10BrN3O2S/c1-2-16-8(15)6-17-10-9-12-3-4-14(9)5-7(11)13-10/h3-5H,2,6H2,1H3. The number of ether oxygens (including phenoxy) is 1. The van der Waals surface area contributed by atoms with Crippen molar-refractivity contribution < 1.29 is 9.53 Å². The Hall–Kier alpha value is -1.08. The highest BCUT2D eigenvalue weighted by Crippen LogP contribution is 2.22. The molecule has 0 aromatic carbocycles. The molecule has 0 aliphatic rings. The average molecular weight is 316 g/mol. The van der Waals surface area contributed by atoms with E-state index in [0.717, 1.165) is 5.65 Å². The Morgan fingerprint density at radius 2 is 2.47 bits per heavy atom. The van der Waals surface area contributed by atoms with E-state index in [0.29, 0.717) is 16.2 Å². The van der Waals surface area contributed by atoms with Gasteiger partial charge in [0.2, 0.25) is 0 Å². The van der Waals surface area contributed by atoms with Crippen molar-refractivity contribution in [2.45, 2.75) is 11.9 Å². The van der Waals surface area contributed by atoms with Gasteiger partial charge >= 0.3 is 5.97 Å². The maximum absolute atomic E-state index is 11.3. The van der Waals surface area contributed by atoms with Gasteiger partial charge in [-0.25, -0.2) is 9.97 Å². The van der Waals surface area contributed by atoms with Crippen LogP contribution in [-0.4, -0.2) is 32.7 Å². The molecule has 0 fully saturated rings. The lowest BCUT2D eigenvalue weighted by Crippen LogP contribution is -2.07. The second-order valence-corrected chi connectivity index (χ2v) is 4.90. The van der Waals surface area contributed by atoms with Crippen LogP contribution in [0.1, 0.15) is 6.92 Å². The monoisotopic (exact) mass is 315 g/mol. The molecule has 7 heteroatoms. The first-order chi connectivity index (χ1) is 8.20. The number of carbonyl (C=O) groups excluding carboxylic acids is 1. The van der Waals surface area contributed by atoms with Crippen molar-refractivity contribution >= 4 is 39.3 Å². The fraction of sp³-hybridized carbons (Fsp3) is 0.300. The molecular weight excluding hydrogens is 306 g/mol. The molecule has 2 heterocycles. The molecule has 0 N–H and O–H groups in total. The summed E-state index contributed by atoms with van der Waals surface area (Å²) in [4.78, 5) is 19.8. The van der Waals surface area contributed by atoms with Crippen LogP contribution in [0, 0.1) is 0 Å². The molecule has 5 nitrogen and oxygen atoms in total. The number of thioether (sulfide) groups is 1. The van der Waals surface area contributed by atoms with Crippen LogP contribution in [0.25, 0.3) is 5.65 Å². The van der Waals surface area contributed by atoms with Crippen LogP contribution >= 0.6 is 27.7 Å².